The van der Waals surface area contributed by atoms with Crippen LogP contribution < -0.4 is 0 Å². The molecule has 0 atom stereocenters. The summed E-state index contributed by atoms with van der Waals surface area (Å²) < 4.78 is 13.3. The summed E-state index contributed by atoms with van der Waals surface area (Å²) in [6, 6.07) is 8.63. The first-order valence-electron chi connectivity index (χ1n) is 5.09. The van der Waals surface area contributed by atoms with E-state index in [2.05, 4.69) is 4.98 Å². The van der Waals surface area contributed by atoms with Crippen molar-refractivity contribution in [1.82, 2.24) is 4.98 Å². The number of hydrogen-bond donors (Lipinski definition) is 0. The number of benzene rings is 1. The van der Waals surface area contributed by atoms with Crippen LogP contribution in [0.2, 0.25) is 10.0 Å². The molecule has 0 aliphatic rings. The molecule has 0 fully saturated rings. The van der Waals surface area contributed by atoms with Gasteiger partial charge in [-0.05, 0) is 12.1 Å². The summed E-state index contributed by atoms with van der Waals surface area (Å²) in [5.74, 6) is -0.640. The lowest BCUT2D eigenvalue weighted by Gasteiger charge is -2.07. The van der Waals surface area contributed by atoms with Crippen molar-refractivity contribution < 1.29 is 4.39 Å². The van der Waals surface area contributed by atoms with Crippen molar-refractivity contribution in [3.8, 4) is 17.2 Å². The molecule has 0 N–H and O–H groups in total. The molecular weight excluding hydrogens is 274 g/mol. The summed E-state index contributed by atoms with van der Waals surface area (Å²) in [5, 5.41) is 9.41. The largest absolute Gasteiger partial charge is 0.227 e. The molecule has 0 saturated heterocycles. The van der Waals surface area contributed by atoms with Gasteiger partial charge in [0.05, 0.1) is 22.5 Å². The van der Waals surface area contributed by atoms with Crippen LogP contribution in [0.3, 0.4) is 0 Å². The zero-order valence-electron chi connectivity index (χ0n) is 9.12. The SMILES string of the molecule is N#CCc1cc(-c2cccc(Cl)c2Cl)cnc1F. The van der Waals surface area contributed by atoms with E-state index < -0.39 is 5.95 Å². The molecule has 0 bridgehead atoms. The summed E-state index contributed by atoms with van der Waals surface area (Å²) in [6.07, 6.45) is 1.33. The van der Waals surface area contributed by atoms with Gasteiger partial charge in [0.15, 0.2) is 0 Å². The minimum atomic E-state index is -0.640. The van der Waals surface area contributed by atoms with Gasteiger partial charge < -0.3 is 0 Å². The van der Waals surface area contributed by atoms with Crippen LogP contribution in [-0.4, -0.2) is 4.98 Å². The molecule has 1 aromatic carbocycles. The van der Waals surface area contributed by atoms with E-state index in [0.717, 1.165) is 0 Å². The molecule has 0 unspecified atom stereocenters. The zero-order chi connectivity index (χ0) is 13.1. The molecule has 0 spiro atoms. The second kappa shape index (κ2) is 5.34. The summed E-state index contributed by atoms with van der Waals surface area (Å²) in [6.45, 7) is 0. The molecule has 5 heteroatoms. The number of hydrogen-bond acceptors (Lipinski definition) is 2. The van der Waals surface area contributed by atoms with Crippen molar-refractivity contribution in [2.75, 3.05) is 0 Å². The van der Waals surface area contributed by atoms with Crippen molar-refractivity contribution in [2.24, 2.45) is 0 Å². The lowest BCUT2D eigenvalue weighted by Crippen LogP contribution is -1.94. The lowest BCUT2D eigenvalue weighted by molar-refractivity contribution is 0.571. The Bertz CT molecular complexity index is 635. The Hall–Kier alpha value is -1.63. The predicted molar refractivity (Wildman–Crippen MR) is 69.0 cm³/mol. The van der Waals surface area contributed by atoms with Crippen LogP contribution in [0.25, 0.3) is 11.1 Å². The van der Waals surface area contributed by atoms with Crippen LogP contribution in [0.4, 0.5) is 4.39 Å². The molecular formula is C13H7Cl2FN2. The molecule has 0 radical (unpaired) electrons. The van der Waals surface area contributed by atoms with Gasteiger partial charge in [-0.15, -0.1) is 0 Å². The second-order valence-corrected chi connectivity index (χ2v) is 4.40. The number of nitriles is 1. The summed E-state index contributed by atoms with van der Waals surface area (Å²) in [4.78, 5) is 3.63. The molecule has 0 aliphatic heterocycles. The van der Waals surface area contributed by atoms with E-state index in [9.17, 15) is 4.39 Å². The minimum absolute atomic E-state index is 0.0368. The fraction of sp³-hybridized carbons (Fsp3) is 0.0769. The van der Waals surface area contributed by atoms with Gasteiger partial charge in [0.1, 0.15) is 0 Å². The van der Waals surface area contributed by atoms with Crippen LogP contribution in [0.1, 0.15) is 5.56 Å². The Morgan fingerprint density at radius 3 is 2.83 bits per heavy atom. The summed E-state index contributed by atoms with van der Waals surface area (Å²) in [7, 11) is 0. The van der Waals surface area contributed by atoms with Crippen molar-refractivity contribution in [3.63, 3.8) is 0 Å². The highest BCUT2D eigenvalue weighted by molar-refractivity contribution is 6.43. The molecule has 0 amide bonds. The molecule has 2 rings (SSSR count). The monoisotopic (exact) mass is 280 g/mol. The Balaban J connectivity index is 2.55. The van der Waals surface area contributed by atoms with E-state index in [0.29, 0.717) is 21.2 Å². The number of rotatable bonds is 2. The topological polar surface area (TPSA) is 36.7 Å². The average Bonchev–Trinajstić information content (AvgIpc) is 2.36. The minimum Gasteiger partial charge on any atom is -0.227 e. The smallest absolute Gasteiger partial charge is 0.217 e. The highest BCUT2D eigenvalue weighted by Crippen LogP contribution is 2.33. The van der Waals surface area contributed by atoms with Gasteiger partial charge in [-0.25, -0.2) is 4.98 Å². The van der Waals surface area contributed by atoms with Crippen LogP contribution in [0.15, 0.2) is 30.5 Å². The molecule has 2 nitrogen and oxygen atoms in total. The Morgan fingerprint density at radius 2 is 2.11 bits per heavy atom. The lowest BCUT2D eigenvalue weighted by atomic mass is 10.0. The maximum Gasteiger partial charge on any atom is 0.217 e. The van der Waals surface area contributed by atoms with E-state index in [1.807, 2.05) is 6.07 Å². The van der Waals surface area contributed by atoms with Gasteiger partial charge in [0, 0.05) is 22.9 Å². The van der Waals surface area contributed by atoms with E-state index in [4.69, 9.17) is 28.5 Å². The highest BCUT2D eigenvalue weighted by atomic mass is 35.5. The van der Waals surface area contributed by atoms with Crippen LogP contribution >= 0.6 is 23.2 Å². The van der Waals surface area contributed by atoms with Gasteiger partial charge in [0.2, 0.25) is 5.95 Å². The predicted octanol–water partition coefficient (Wildman–Crippen LogP) is 4.26. The molecule has 18 heavy (non-hydrogen) atoms. The van der Waals surface area contributed by atoms with Crippen LogP contribution in [0.5, 0.6) is 0 Å². The van der Waals surface area contributed by atoms with E-state index in [-0.39, 0.29) is 12.0 Å². The van der Waals surface area contributed by atoms with E-state index in [1.165, 1.54) is 6.20 Å². The van der Waals surface area contributed by atoms with Gasteiger partial charge in [0.25, 0.3) is 0 Å². The number of nitrogens with zero attached hydrogens (tertiary/aromatic N) is 2. The fourth-order valence-corrected chi connectivity index (χ4v) is 1.99. The van der Waals surface area contributed by atoms with Crippen LogP contribution in [-0.2, 0) is 6.42 Å². The Morgan fingerprint density at radius 1 is 1.33 bits per heavy atom. The molecule has 1 aromatic heterocycles. The average molecular weight is 281 g/mol. The maximum absolute atomic E-state index is 13.3. The normalized spacial score (nSPS) is 10.1. The molecule has 2 aromatic rings. The molecule has 1 heterocycles. The van der Waals surface area contributed by atoms with Gasteiger partial charge >= 0.3 is 0 Å². The Labute approximate surface area is 114 Å². The third-order valence-corrected chi connectivity index (χ3v) is 3.26. The standard InChI is InChI=1S/C13H7Cl2FN2/c14-11-3-1-2-10(12(11)15)9-6-8(4-5-17)13(16)18-7-9/h1-3,6-7H,4H2. The van der Waals surface area contributed by atoms with Crippen molar-refractivity contribution in [1.29, 1.82) is 5.26 Å². The molecule has 0 saturated carbocycles. The third kappa shape index (κ3) is 2.45. The van der Waals surface area contributed by atoms with Crippen molar-refractivity contribution >= 4 is 23.2 Å². The zero-order valence-corrected chi connectivity index (χ0v) is 10.6. The number of aromatic nitrogens is 1. The summed E-state index contributed by atoms with van der Waals surface area (Å²) >= 11 is 12.0. The number of halogens is 3. The van der Waals surface area contributed by atoms with Crippen LogP contribution in [0, 0.1) is 17.3 Å². The van der Waals surface area contributed by atoms with Crippen molar-refractivity contribution in [3.05, 3.63) is 52.0 Å². The fourth-order valence-electron chi connectivity index (χ4n) is 1.58. The van der Waals surface area contributed by atoms with Gasteiger partial charge in [-0.2, -0.15) is 9.65 Å². The first kappa shape index (κ1) is 12.8. The van der Waals surface area contributed by atoms with Crippen molar-refractivity contribution in [2.45, 2.75) is 6.42 Å². The molecule has 90 valence electrons. The van der Waals surface area contributed by atoms with Gasteiger partial charge in [-0.1, -0.05) is 35.3 Å². The molecule has 0 aliphatic carbocycles. The maximum atomic E-state index is 13.3. The quantitative estimate of drug-likeness (QED) is 0.771. The van der Waals surface area contributed by atoms with E-state index in [1.54, 1.807) is 24.3 Å². The number of pyridine rings is 1. The first-order chi connectivity index (χ1) is 8.63. The summed E-state index contributed by atoms with van der Waals surface area (Å²) in [5.41, 5.74) is 1.54. The third-order valence-electron chi connectivity index (χ3n) is 2.44. The van der Waals surface area contributed by atoms with E-state index >= 15 is 0 Å². The highest BCUT2D eigenvalue weighted by Gasteiger charge is 2.10. The second-order valence-electron chi connectivity index (χ2n) is 3.61. The first-order valence-corrected chi connectivity index (χ1v) is 5.85. The Kier molecular flexibility index (Phi) is 3.81. The van der Waals surface area contributed by atoms with Gasteiger partial charge in [-0.3, -0.25) is 0 Å².